The van der Waals surface area contributed by atoms with Crippen LogP contribution in [0.4, 0.5) is 11.6 Å². The number of benzene rings is 2. The average Bonchev–Trinajstić information content (AvgIpc) is 3.03. The van der Waals surface area contributed by atoms with Crippen molar-refractivity contribution in [3.63, 3.8) is 0 Å². The fourth-order valence-electron chi connectivity index (χ4n) is 2.37. The summed E-state index contributed by atoms with van der Waals surface area (Å²) < 4.78 is 5.28. The van der Waals surface area contributed by atoms with E-state index < -0.39 is 4.92 Å². The zero-order valence-electron chi connectivity index (χ0n) is 13.8. The molecule has 128 valence electrons. The summed E-state index contributed by atoms with van der Waals surface area (Å²) in [4.78, 5) is 18.2. The van der Waals surface area contributed by atoms with E-state index in [9.17, 15) is 10.1 Å². The number of para-hydroxylation sites is 2. The number of aromatic nitrogens is 2. The largest absolute Gasteiger partial charge is 0.487 e. The van der Waals surface area contributed by atoms with Gasteiger partial charge in [-0.15, -0.1) is 0 Å². The number of hydrazone groups is 1. The first-order chi connectivity index (χ1) is 12.1. The third-order valence-corrected chi connectivity index (χ3v) is 3.59. The van der Waals surface area contributed by atoms with Crippen LogP contribution in [0.1, 0.15) is 19.4 Å². The molecule has 0 atom stereocenters. The number of nitrogens with zero attached hydrogens (tertiary/aromatic N) is 3. The molecule has 1 heterocycles. The highest BCUT2D eigenvalue weighted by atomic mass is 16.6. The number of ether oxygens (including phenoxy) is 1. The maximum atomic E-state index is 11.2. The SMILES string of the molecule is CCOc1ccc(C(C)=NNc2nc3ccccc3[nH]2)cc1[N+](=O)[O-]. The fourth-order valence-corrected chi connectivity index (χ4v) is 2.37. The minimum atomic E-state index is -0.464. The first-order valence-corrected chi connectivity index (χ1v) is 7.75. The van der Waals surface area contributed by atoms with Gasteiger partial charge in [-0.2, -0.15) is 5.10 Å². The van der Waals surface area contributed by atoms with Crippen LogP contribution < -0.4 is 10.2 Å². The van der Waals surface area contributed by atoms with Gasteiger partial charge in [-0.1, -0.05) is 12.1 Å². The molecule has 0 saturated carbocycles. The number of rotatable bonds is 6. The highest BCUT2D eigenvalue weighted by Crippen LogP contribution is 2.28. The third kappa shape index (κ3) is 3.57. The molecule has 2 N–H and O–H groups in total. The summed E-state index contributed by atoms with van der Waals surface area (Å²) in [7, 11) is 0. The van der Waals surface area contributed by atoms with Gasteiger partial charge < -0.3 is 9.72 Å². The van der Waals surface area contributed by atoms with Crippen LogP contribution in [0.2, 0.25) is 0 Å². The minimum Gasteiger partial charge on any atom is -0.487 e. The molecule has 0 aliphatic carbocycles. The van der Waals surface area contributed by atoms with Crippen molar-refractivity contribution in [3.8, 4) is 5.75 Å². The Labute approximate surface area is 143 Å². The minimum absolute atomic E-state index is 0.0855. The lowest BCUT2D eigenvalue weighted by Crippen LogP contribution is -2.03. The van der Waals surface area contributed by atoms with E-state index in [0.717, 1.165) is 11.0 Å². The Kier molecular flexibility index (Phi) is 4.60. The van der Waals surface area contributed by atoms with Crippen LogP contribution in [-0.4, -0.2) is 27.2 Å². The third-order valence-electron chi connectivity index (χ3n) is 3.59. The van der Waals surface area contributed by atoms with Crippen LogP contribution in [0.25, 0.3) is 11.0 Å². The van der Waals surface area contributed by atoms with Crippen molar-refractivity contribution in [2.75, 3.05) is 12.0 Å². The Bertz CT molecular complexity index is 915. The Morgan fingerprint density at radius 2 is 2.16 bits per heavy atom. The van der Waals surface area contributed by atoms with E-state index in [-0.39, 0.29) is 11.4 Å². The number of imidazole rings is 1. The predicted octanol–water partition coefficient (Wildman–Crippen LogP) is 3.71. The summed E-state index contributed by atoms with van der Waals surface area (Å²) in [5.74, 6) is 0.746. The molecule has 0 aliphatic rings. The van der Waals surface area contributed by atoms with E-state index in [2.05, 4.69) is 20.5 Å². The molecule has 25 heavy (non-hydrogen) atoms. The summed E-state index contributed by atoms with van der Waals surface area (Å²) in [5.41, 5.74) is 5.69. The Hall–Kier alpha value is -3.42. The van der Waals surface area contributed by atoms with Gasteiger partial charge in [0.15, 0.2) is 5.75 Å². The van der Waals surface area contributed by atoms with Crippen molar-refractivity contribution in [1.82, 2.24) is 9.97 Å². The van der Waals surface area contributed by atoms with Gasteiger partial charge in [0.05, 0.1) is 28.3 Å². The summed E-state index contributed by atoms with van der Waals surface area (Å²) in [5, 5.41) is 15.5. The van der Waals surface area contributed by atoms with Gasteiger partial charge in [0, 0.05) is 11.6 Å². The lowest BCUT2D eigenvalue weighted by molar-refractivity contribution is -0.385. The van der Waals surface area contributed by atoms with Crippen LogP contribution in [-0.2, 0) is 0 Å². The first-order valence-electron chi connectivity index (χ1n) is 7.75. The quantitative estimate of drug-likeness (QED) is 0.404. The van der Waals surface area contributed by atoms with Crippen molar-refractivity contribution in [2.24, 2.45) is 5.10 Å². The molecular weight excluding hydrogens is 322 g/mol. The lowest BCUT2D eigenvalue weighted by atomic mass is 10.1. The van der Waals surface area contributed by atoms with Crippen LogP contribution in [0.3, 0.4) is 0 Å². The number of H-pyrrole nitrogens is 1. The second-order valence-electron chi connectivity index (χ2n) is 5.28. The van der Waals surface area contributed by atoms with Crippen LogP contribution in [0.15, 0.2) is 47.6 Å². The van der Waals surface area contributed by atoms with Gasteiger partial charge in [-0.3, -0.25) is 10.1 Å². The van der Waals surface area contributed by atoms with Gasteiger partial charge in [-0.25, -0.2) is 10.4 Å². The van der Waals surface area contributed by atoms with E-state index in [1.165, 1.54) is 6.07 Å². The Morgan fingerprint density at radius 1 is 1.36 bits per heavy atom. The summed E-state index contributed by atoms with van der Waals surface area (Å²) in [6.45, 7) is 3.90. The summed E-state index contributed by atoms with van der Waals surface area (Å²) >= 11 is 0. The molecule has 0 unspecified atom stereocenters. The van der Waals surface area contributed by atoms with Crippen molar-refractivity contribution in [1.29, 1.82) is 0 Å². The number of nitro groups is 1. The summed E-state index contributed by atoms with van der Waals surface area (Å²) in [6.07, 6.45) is 0. The molecular formula is C17H17N5O3. The van der Waals surface area contributed by atoms with E-state index in [1.54, 1.807) is 26.0 Å². The van der Waals surface area contributed by atoms with Gasteiger partial charge in [0.25, 0.3) is 0 Å². The normalized spacial score (nSPS) is 11.5. The zero-order valence-corrected chi connectivity index (χ0v) is 13.8. The molecule has 8 heteroatoms. The second-order valence-corrected chi connectivity index (χ2v) is 5.28. The molecule has 0 bridgehead atoms. The predicted molar refractivity (Wildman–Crippen MR) is 96.2 cm³/mol. The molecule has 0 radical (unpaired) electrons. The van der Waals surface area contributed by atoms with E-state index in [0.29, 0.717) is 23.8 Å². The first kappa shape index (κ1) is 16.4. The van der Waals surface area contributed by atoms with Crippen LogP contribution in [0, 0.1) is 10.1 Å². The van der Waals surface area contributed by atoms with Crippen molar-refractivity contribution in [2.45, 2.75) is 13.8 Å². The van der Waals surface area contributed by atoms with E-state index >= 15 is 0 Å². The molecule has 3 rings (SSSR count). The topological polar surface area (TPSA) is 105 Å². The van der Waals surface area contributed by atoms with Crippen LogP contribution in [0.5, 0.6) is 5.75 Å². The monoisotopic (exact) mass is 339 g/mol. The number of hydrogen-bond donors (Lipinski definition) is 2. The van der Waals surface area contributed by atoms with Crippen molar-refractivity contribution < 1.29 is 9.66 Å². The van der Waals surface area contributed by atoms with Gasteiger partial charge in [-0.05, 0) is 38.1 Å². The van der Waals surface area contributed by atoms with E-state index in [4.69, 9.17) is 4.74 Å². The van der Waals surface area contributed by atoms with Gasteiger partial charge in [0.2, 0.25) is 5.95 Å². The number of anilines is 1. The molecule has 2 aromatic carbocycles. The molecule has 0 fully saturated rings. The number of hydrogen-bond acceptors (Lipinski definition) is 6. The molecule has 0 saturated heterocycles. The Balaban J connectivity index is 1.84. The number of nitro benzene ring substituents is 1. The fraction of sp³-hybridized carbons (Fsp3) is 0.176. The maximum Gasteiger partial charge on any atom is 0.311 e. The molecule has 0 spiro atoms. The summed E-state index contributed by atoms with van der Waals surface area (Å²) in [6, 6.07) is 12.4. The van der Waals surface area contributed by atoms with Crippen LogP contribution >= 0.6 is 0 Å². The standard InChI is InChI=1S/C17H17N5O3/c1-3-25-16-9-8-12(10-15(16)22(23)24)11(2)20-21-17-18-13-6-4-5-7-14(13)19-17/h4-10H,3H2,1-2H3,(H2,18,19,21). The maximum absolute atomic E-state index is 11.2. The van der Waals surface area contributed by atoms with E-state index in [1.807, 2.05) is 24.3 Å². The molecule has 3 aromatic rings. The van der Waals surface area contributed by atoms with Crippen molar-refractivity contribution >= 4 is 28.4 Å². The lowest BCUT2D eigenvalue weighted by Gasteiger charge is -2.06. The number of aromatic amines is 1. The Morgan fingerprint density at radius 3 is 2.88 bits per heavy atom. The highest BCUT2D eigenvalue weighted by Gasteiger charge is 2.16. The molecule has 0 aliphatic heterocycles. The zero-order chi connectivity index (χ0) is 17.8. The second kappa shape index (κ2) is 7.00. The highest BCUT2D eigenvalue weighted by molar-refractivity contribution is 5.99. The van der Waals surface area contributed by atoms with Gasteiger partial charge in [0.1, 0.15) is 0 Å². The molecule has 0 amide bonds. The molecule has 8 nitrogen and oxygen atoms in total. The average molecular weight is 339 g/mol. The smallest absolute Gasteiger partial charge is 0.311 e. The van der Waals surface area contributed by atoms with Crippen molar-refractivity contribution in [3.05, 3.63) is 58.1 Å². The molecule has 1 aromatic heterocycles. The number of nitrogens with one attached hydrogen (secondary N) is 2. The van der Waals surface area contributed by atoms with Gasteiger partial charge >= 0.3 is 5.69 Å². The number of fused-ring (bicyclic) bond motifs is 1.